The molecule has 13 heavy (non-hydrogen) atoms. The predicted octanol–water partition coefficient (Wildman–Crippen LogP) is -1.23. The van der Waals surface area contributed by atoms with E-state index in [1.807, 2.05) is 0 Å². The molecular weight excluding hydrogens is 291 g/mol. The van der Waals surface area contributed by atoms with Gasteiger partial charge in [-0.05, 0) is 12.8 Å². The van der Waals surface area contributed by atoms with Crippen LogP contribution in [0.5, 0.6) is 0 Å². The van der Waals surface area contributed by atoms with E-state index in [4.69, 9.17) is 9.47 Å². The average molecular weight is 308 g/mol. The average Bonchev–Trinajstić information content (AvgIpc) is 2.07. The van der Waals surface area contributed by atoms with Crippen molar-refractivity contribution in [1.82, 2.24) is 0 Å². The fourth-order valence-corrected chi connectivity index (χ4v) is 1.19. The van der Waals surface area contributed by atoms with Crippen molar-refractivity contribution >= 4 is 23.1 Å². The first-order valence-electron chi connectivity index (χ1n) is 4.46. The first-order valence-corrected chi connectivity index (χ1v) is 4.46. The van der Waals surface area contributed by atoms with Gasteiger partial charge in [0.1, 0.15) is 0 Å². The molecule has 0 unspecified atom stereocenters. The summed E-state index contributed by atoms with van der Waals surface area (Å²) in [7, 11) is 0. The number of ether oxygens (including phenoxy) is 2. The summed E-state index contributed by atoms with van der Waals surface area (Å²) in [6, 6.07) is 0. The van der Waals surface area contributed by atoms with Crippen molar-refractivity contribution in [3.8, 4) is 0 Å². The van der Waals surface area contributed by atoms with Crippen molar-refractivity contribution in [2.75, 3.05) is 13.2 Å². The maximum absolute atomic E-state index is 5.38. The number of hydrogen-bond acceptors (Lipinski definition) is 2. The minimum Gasteiger partial charge on any atom is -1.00 e. The number of rotatable bonds is 4. The van der Waals surface area contributed by atoms with Gasteiger partial charge in [-0.25, -0.2) is 0 Å². The molecule has 1 saturated heterocycles. The summed E-state index contributed by atoms with van der Waals surface area (Å²) in [5.74, 6) is 0. The molecule has 0 bridgehead atoms. The van der Waals surface area contributed by atoms with Gasteiger partial charge in [0, 0.05) is 0 Å². The third kappa shape index (κ3) is 8.41. The van der Waals surface area contributed by atoms with Crippen molar-refractivity contribution in [3.05, 3.63) is 6.92 Å². The van der Waals surface area contributed by atoms with E-state index in [0.717, 1.165) is 32.5 Å². The monoisotopic (exact) mass is 308 g/mol. The zero-order valence-corrected chi connectivity index (χ0v) is 11.7. The van der Waals surface area contributed by atoms with E-state index in [-0.39, 0.29) is 53.3 Å². The van der Waals surface area contributed by atoms with E-state index in [1.165, 1.54) is 12.8 Å². The normalized spacial score (nSPS) is 17.3. The molecule has 1 aliphatic rings. The van der Waals surface area contributed by atoms with Gasteiger partial charge in [-0.1, -0.05) is 12.8 Å². The Hall–Kier alpha value is 1.42. The topological polar surface area (TPSA) is 18.5 Å². The van der Waals surface area contributed by atoms with Crippen LogP contribution in [0.3, 0.4) is 0 Å². The van der Waals surface area contributed by atoms with Crippen LogP contribution >= 0.6 is 0 Å². The van der Waals surface area contributed by atoms with Crippen molar-refractivity contribution < 1.29 is 33.5 Å². The molecule has 74 valence electrons. The summed E-state index contributed by atoms with van der Waals surface area (Å²) < 4.78 is 10.8. The summed E-state index contributed by atoms with van der Waals surface area (Å²) in [6.07, 6.45) is 5.54. The Balaban J connectivity index is 0. The molecule has 0 atom stereocenters. The molecule has 4 heteroatoms. The Morgan fingerprint density at radius 3 is 2.31 bits per heavy atom. The van der Waals surface area contributed by atoms with Gasteiger partial charge in [-0.2, -0.15) is 6.42 Å². The quantitative estimate of drug-likeness (QED) is 0.280. The molecule has 0 saturated carbocycles. The Labute approximate surface area is 114 Å². The molecule has 0 N–H and O–H groups in total. The zero-order chi connectivity index (χ0) is 7.94. The first-order chi connectivity index (χ1) is 5.43. The molecule has 0 radical (unpaired) electrons. The second kappa shape index (κ2) is 11.5. The Morgan fingerprint density at radius 1 is 1.15 bits per heavy atom. The molecule has 0 spiro atoms. The van der Waals surface area contributed by atoms with Gasteiger partial charge in [0.05, 0.1) is 13.2 Å². The third-order valence-corrected chi connectivity index (χ3v) is 1.84. The number of halogens is 1. The molecule has 2 nitrogen and oxygen atoms in total. The maximum Gasteiger partial charge on any atom is 2.00 e. The minimum atomic E-state index is 0. The molecule has 0 aromatic rings. The Kier molecular flexibility index (Phi) is 14.9. The van der Waals surface area contributed by atoms with Crippen LogP contribution in [0.2, 0.25) is 0 Å². The van der Waals surface area contributed by atoms with Gasteiger partial charge >= 0.3 is 23.1 Å². The van der Waals surface area contributed by atoms with Crippen LogP contribution in [-0.4, -0.2) is 42.6 Å². The van der Waals surface area contributed by atoms with Gasteiger partial charge in [0.25, 0.3) is 0 Å². The molecule has 1 heterocycles. The summed E-state index contributed by atoms with van der Waals surface area (Å²) in [6.45, 7) is 5.53. The van der Waals surface area contributed by atoms with Crippen molar-refractivity contribution in [2.24, 2.45) is 0 Å². The number of unbranched alkanes of at least 4 members (excludes halogenated alkanes) is 2. The molecule has 1 fully saturated rings. The van der Waals surface area contributed by atoms with Crippen LogP contribution < -0.4 is 24.0 Å². The van der Waals surface area contributed by atoms with E-state index in [1.54, 1.807) is 0 Å². The number of hydrogen-bond donors (Lipinski definition) is 0. The van der Waals surface area contributed by atoms with Crippen LogP contribution in [0.1, 0.15) is 32.1 Å². The molecule has 0 aromatic heterocycles. The molecule has 1 aliphatic heterocycles. The second-order valence-corrected chi connectivity index (χ2v) is 2.87. The van der Waals surface area contributed by atoms with Crippen molar-refractivity contribution in [2.45, 2.75) is 38.4 Å². The summed E-state index contributed by atoms with van der Waals surface area (Å²) in [5, 5.41) is 0. The van der Waals surface area contributed by atoms with Crippen LogP contribution in [-0.2, 0) is 9.47 Å². The molecule has 1 rings (SSSR count). The Morgan fingerprint density at radius 2 is 1.77 bits per heavy atom. The largest absolute Gasteiger partial charge is 2.00 e. The SMILES string of the molecule is [CH2-]CCCCC1OCCCO1.[I-].[Mg+2]. The second-order valence-electron chi connectivity index (χ2n) is 2.87. The van der Waals surface area contributed by atoms with Crippen LogP contribution in [0.25, 0.3) is 0 Å². The summed E-state index contributed by atoms with van der Waals surface area (Å²) in [5.41, 5.74) is 0. The standard InChI is InChI=1S/C9H17O2.HI.Mg/c1-2-3-4-6-9-10-7-5-8-11-9;;/h9H,1-8H2;1H;/q-1;;+2/p-1. The molecular formula is C9H17IMgO2. The van der Waals surface area contributed by atoms with Crippen molar-refractivity contribution in [3.63, 3.8) is 0 Å². The van der Waals surface area contributed by atoms with E-state index in [9.17, 15) is 0 Å². The van der Waals surface area contributed by atoms with Crippen molar-refractivity contribution in [1.29, 1.82) is 0 Å². The fourth-order valence-electron chi connectivity index (χ4n) is 1.19. The van der Waals surface area contributed by atoms with E-state index in [0.29, 0.717) is 0 Å². The molecule has 0 aromatic carbocycles. The fraction of sp³-hybridized carbons (Fsp3) is 0.889. The van der Waals surface area contributed by atoms with E-state index < -0.39 is 0 Å². The predicted molar refractivity (Wildman–Crippen MR) is 49.9 cm³/mol. The summed E-state index contributed by atoms with van der Waals surface area (Å²) in [4.78, 5) is 0. The molecule has 0 amide bonds. The first kappa shape index (κ1) is 16.8. The maximum atomic E-state index is 5.38. The van der Waals surface area contributed by atoms with Gasteiger partial charge in [-0.3, -0.25) is 0 Å². The van der Waals surface area contributed by atoms with Gasteiger partial charge < -0.3 is 40.4 Å². The van der Waals surface area contributed by atoms with Crippen LogP contribution in [0.15, 0.2) is 0 Å². The minimum absolute atomic E-state index is 0. The molecule has 0 aliphatic carbocycles. The van der Waals surface area contributed by atoms with Gasteiger partial charge in [-0.15, -0.1) is 0 Å². The van der Waals surface area contributed by atoms with Crippen LogP contribution in [0.4, 0.5) is 0 Å². The van der Waals surface area contributed by atoms with Gasteiger partial charge in [0.2, 0.25) is 0 Å². The Bertz CT molecular complexity index is 97.6. The van der Waals surface area contributed by atoms with Gasteiger partial charge in [0.15, 0.2) is 6.29 Å². The smallest absolute Gasteiger partial charge is 1.00 e. The van der Waals surface area contributed by atoms with E-state index in [2.05, 4.69) is 6.92 Å². The van der Waals surface area contributed by atoms with Crippen LogP contribution in [0, 0.1) is 6.92 Å². The third-order valence-electron chi connectivity index (χ3n) is 1.84. The summed E-state index contributed by atoms with van der Waals surface area (Å²) >= 11 is 0. The zero-order valence-electron chi connectivity index (χ0n) is 8.14. The van der Waals surface area contributed by atoms with E-state index >= 15 is 0 Å².